The molecule has 3 aromatic rings. The molecule has 0 radical (unpaired) electrons. The van der Waals surface area contributed by atoms with Gasteiger partial charge in [0.15, 0.2) is 6.10 Å². The van der Waals surface area contributed by atoms with Crippen LogP contribution in [0.4, 0.5) is 5.69 Å². The molecule has 0 saturated heterocycles. The van der Waals surface area contributed by atoms with Crippen molar-refractivity contribution in [3.8, 4) is 5.75 Å². The van der Waals surface area contributed by atoms with Gasteiger partial charge in [-0.15, -0.1) is 0 Å². The van der Waals surface area contributed by atoms with Crippen molar-refractivity contribution in [2.75, 3.05) is 5.32 Å². The molecule has 0 aliphatic carbocycles. The minimum Gasteiger partial charge on any atom is -0.482 e. The monoisotopic (exact) mass is 373 g/mol. The molecule has 0 aliphatic rings. The second-order valence-electron chi connectivity index (χ2n) is 6.59. The number of aryl methyl sites for hydroxylation is 1. The number of anilines is 1. The number of ketones is 1. The summed E-state index contributed by atoms with van der Waals surface area (Å²) in [5.41, 5.74) is 2.92. The van der Waals surface area contributed by atoms with Crippen molar-refractivity contribution in [3.05, 3.63) is 95.6 Å². The van der Waals surface area contributed by atoms with Crippen LogP contribution in [0.15, 0.2) is 78.9 Å². The number of nitrogens with one attached hydrogen (secondary N) is 1. The van der Waals surface area contributed by atoms with Gasteiger partial charge in [-0.25, -0.2) is 0 Å². The zero-order chi connectivity index (χ0) is 19.9. The quantitative estimate of drug-likeness (QED) is 0.573. The van der Waals surface area contributed by atoms with Crippen LogP contribution in [0.1, 0.15) is 39.6 Å². The second kappa shape index (κ2) is 9.00. The summed E-state index contributed by atoms with van der Waals surface area (Å²) in [4.78, 5) is 25.1. The Morgan fingerprint density at radius 3 is 2.29 bits per heavy atom. The fourth-order valence-electron chi connectivity index (χ4n) is 2.83. The normalized spacial score (nSPS) is 11.5. The van der Waals surface area contributed by atoms with Gasteiger partial charge in [-0.05, 0) is 37.6 Å². The molecule has 3 rings (SSSR count). The van der Waals surface area contributed by atoms with E-state index in [0.29, 0.717) is 29.0 Å². The van der Waals surface area contributed by atoms with E-state index in [1.165, 1.54) is 0 Å². The standard InChI is InChI=1S/C24H23NO3/c1-3-22(23(26)18-8-5-4-6-9-18)28-21-11-7-10-20(16-21)25-24(27)19-14-12-17(2)13-15-19/h4-16,22H,3H2,1-2H3,(H,25,27). The van der Waals surface area contributed by atoms with E-state index in [0.717, 1.165) is 5.56 Å². The van der Waals surface area contributed by atoms with Gasteiger partial charge in [0.25, 0.3) is 5.91 Å². The molecule has 0 heterocycles. The van der Waals surface area contributed by atoms with E-state index >= 15 is 0 Å². The van der Waals surface area contributed by atoms with E-state index < -0.39 is 6.10 Å². The van der Waals surface area contributed by atoms with Crippen LogP contribution in [-0.2, 0) is 0 Å². The first-order valence-electron chi connectivity index (χ1n) is 9.31. The Kier molecular flexibility index (Phi) is 6.22. The Hall–Kier alpha value is -3.40. The number of hydrogen-bond donors (Lipinski definition) is 1. The van der Waals surface area contributed by atoms with Crippen LogP contribution in [0.3, 0.4) is 0 Å². The molecule has 0 fully saturated rings. The fraction of sp³-hybridized carbons (Fsp3) is 0.167. The summed E-state index contributed by atoms with van der Waals surface area (Å²) in [5.74, 6) is 0.291. The predicted octanol–water partition coefficient (Wildman–Crippen LogP) is 5.29. The Morgan fingerprint density at radius 2 is 1.61 bits per heavy atom. The van der Waals surface area contributed by atoms with E-state index in [-0.39, 0.29) is 11.7 Å². The number of benzene rings is 3. The summed E-state index contributed by atoms with van der Waals surface area (Å²) in [6.07, 6.45) is -0.0290. The molecule has 1 atom stereocenters. The lowest BCUT2D eigenvalue weighted by Crippen LogP contribution is -2.26. The number of Topliss-reactive ketones (excluding diaryl/α,β-unsaturated/α-hetero) is 1. The SMILES string of the molecule is CCC(Oc1cccc(NC(=O)c2ccc(C)cc2)c1)C(=O)c1ccccc1. The lowest BCUT2D eigenvalue weighted by atomic mass is 10.0. The third-order valence-electron chi connectivity index (χ3n) is 4.41. The van der Waals surface area contributed by atoms with Crippen molar-refractivity contribution < 1.29 is 14.3 Å². The first-order valence-corrected chi connectivity index (χ1v) is 9.31. The molecule has 4 heteroatoms. The molecular formula is C24H23NO3. The number of hydrogen-bond acceptors (Lipinski definition) is 3. The second-order valence-corrected chi connectivity index (χ2v) is 6.59. The van der Waals surface area contributed by atoms with Gasteiger partial charge < -0.3 is 10.1 Å². The number of carbonyl (C=O) groups is 2. The largest absolute Gasteiger partial charge is 0.482 e. The van der Waals surface area contributed by atoms with Gasteiger partial charge >= 0.3 is 0 Å². The molecule has 1 unspecified atom stereocenters. The molecular weight excluding hydrogens is 350 g/mol. The summed E-state index contributed by atoms with van der Waals surface area (Å²) in [6, 6.07) is 23.6. The van der Waals surface area contributed by atoms with Crippen LogP contribution < -0.4 is 10.1 Å². The van der Waals surface area contributed by atoms with Crippen LogP contribution in [0.5, 0.6) is 5.75 Å². The number of rotatable bonds is 7. The summed E-state index contributed by atoms with van der Waals surface area (Å²) < 4.78 is 5.92. The summed E-state index contributed by atoms with van der Waals surface area (Å²) in [6.45, 7) is 3.89. The minimum atomic E-state index is -0.578. The van der Waals surface area contributed by atoms with Gasteiger partial charge in [0.1, 0.15) is 5.75 Å². The van der Waals surface area contributed by atoms with Crippen molar-refractivity contribution in [2.24, 2.45) is 0 Å². The van der Waals surface area contributed by atoms with Crippen LogP contribution in [0, 0.1) is 6.92 Å². The van der Waals surface area contributed by atoms with E-state index in [4.69, 9.17) is 4.74 Å². The van der Waals surface area contributed by atoms with Gasteiger partial charge in [-0.2, -0.15) is 0 Å². The van der Waals surface area contributed by atoms with Gasteiger partial charge in [0.05, 0.1) is 0 Å². The minimum absolute atomic E-state index is 0.0582. The molecule has 142 valence electrons. The maximum absolute atomic E-state index is 12.7. The molecule has 3 aromatic carbocycles. The van der Waals surface area contributed by atoms with Crippen molar-refractivity contribution in [3.63, 3.8) is 0 Å². The van der Waals surface area contributed by atoms with E-state index in [2.05, 4.69) is 5.32 Å². The molecule has 0 saturated carbocycles. The van der Waals surface area contributed by atoms with Gasteiger partial charge in [-0.3, -0.25) is 9.59 Å². The average molecular weight is 373 g/mol. The number of carbonyl (C=O) groups excluding carboxylic acids is 2. The molecule has 4 nitrogen and oxygen atoms in total. The Morgan fingerprint density at radius 1 is 0.893 bits per heavy atom. The smallest absolute Gasteiger partial charge is 0.255 e. The summed E-state index contributed by atoms with van der Waals surface area (Å²) in [7, 11) is 0. The van der Waals surface area contributed by atoms with Crippen LogP contribution in [0.2, 0.25) is 0 Å². The number of ether oxygens (including phenoxy) is 1. The molecule has 0 bridgehead atoms. The third kappa shape index (κ3) is 4.86. The lowest BCUT2D eigenvalue weighted by molar-refractivity contribution is 0.0786. The fourth-order valence-corrected chi connectivity index (χ4v) is 2.83. The van der Waals surface area contributed by atoms with Crippen LogP contribution >= 0.6 is 0 Å². The summed E-state index contributed by atoms with van der Waals surface area (Å²) >= 11 is 0. The Balaban J connectivity index is 1.70. The third-order valence-corrected chi connectivity index (χ3v) is 4.41. The highest BCUT2D eigenvalue weighted by atomic mass is 16.5. The van der Waals surface area contributed by atoms with Crippen LogP contribution in [-0.4, -0.2) is 17.8 Å². The highest BCUT2D eigenvalue weighted by Gasteiger charge is 2.20. The van der Waals surface area contributed by atoms with Crippen LogP contribution in [0.25, 0.3) is 0 Å². The zero-order valence-corrected chi connectivity index (χ0v) is 16.0. The molecule has 0 aromatic heterocycles. The van der Waals surface area contributed by atoms with Crippen molar-refractivity contribution >= 4 is 17.4 Å². The molecule has 1 N–H and O–H groups in total. The highest BCUT2D eigenvalue weighted by molar-refractivity contribution is 6.04. The van der Waals surface area contributed by atoms with Crippen molar-refractivity contribution in [2.45, 2.75) is 26.4 Å². The maximum atomic E-state index is 12.7. The average Bonchev–Trinajstić information content (AvgIpc) is 2.73. The molecule has 1 amide bonds. The Bertz CT molecular complexity index is 949. The van der Waals surface area contributed by atoms with E-state index in [1.54, 1.807) is 48.5 Å². The van der Waals surface area contributed by atoms with Gasteiger partial charge in [0.2, 0.25) is 5.78 Å². The van der Waals surface area contributed by atoms with E-state index in [1.807, 2.05) is 44.2 Å². The van der Waals surface area contributed by atoms with Crippen molar-refractivity contribution in [1.29, 1.82) is 0 Å². The maximum Gasteiger partial charge on any atom is 0.255 e. The lowest BCUT2D eigenvalue weighted by Gasteiger charge is -2.17. The Labute approximate surface area is 165 Å². The molecule has 0 spiro atoms. The highest BCUT2D eigenvalue weighted by Crippen LogP contribution is 2.21. The topological polar surface area (TPSA) is 55.4 Å². The van der Waals surface area contributed by atoms with Gasteiger partial charge in [-0.1, -0.05) is 61.0 Å². The zero-order valence-electron chi connectivity index (χ0n) is 16.0. The number of amides is 1. The first-order chi connectivity index (χ1) is 13.6. The van der Waals surface area contributed by atoms with E-state index in [9.17, 15) is 9.59 Å². The predicted molar refractivity (Wildman–Crippen MR) is 111 cm³/mol. The molecule has 0 aliphatic heterocycles. The summed E-state index contributed by atoms with van der Waals surface area (Å²) in [5, 5.41) is 2.87. The van der Waals surface area contributed by atoms with Crippen molar-refractivity contribution in [1.82, 2.24) is 0 Å². The van der Waals surface area contributed by atoms with Gasteiger partial charge in [0, 0.05) is 22.9 Å². The molecule has 28 heavy (non-hydrogen) atoms. The first kappa shape index (κ1) is 19.4.